The Morgan fingerprint density at radius 1 is 1.15 bits per heavy atom. The second-order valence-electron chi connectivity index (χ2n) is 5.26. The lowest BCUT2D eigenvalue weighted by Crippen LogP contribution is -2.34. The van der Waals surface area contributed by atoms with Crippen molar-refractivity contribution in [2.24, 2.45) is 0 Å². The summed E-state index contributed by atoms with van der Waals surface area (Å²) in [4.78, 5) is 23.5. The van der Waals surface area contributed by atoms with E-state index < -0.39 is 11.5 Å². The molecule has 0 atom stereocenters. The number of carbonyl (C=O) groups is 1. The lowest BCUT2D eigenvalue weighted by molar-refractivity contribution is 0.0977. The van der Waals surface area contributed by atoms with Gasteiger partial charge < -0.3 is 14.5 Å². The van der Waals surface area contributed by atoms with Gasteiger partial charge in [0.05, 0.1) is 12.1 Å². The SMILES string of the molecule is COc1ccc(C(=O)NC(=S)Nc2ccc3oc(=O)ccc3c2)cc1Cl. The molecule has 8 heteroatoms. The van der Waals surface area contributed by atoms with E-state index in [0.717, 1.165) is 5.39 Å². The molecule has 3 aromatic rings. The first kappa shape index (κ1) is 17.9. The Kier molecular flexibility index (Phi) is 5.20. The lowest BCUT2D eigenvalue weighted by Gasteiger charge is -2.11. The highest BCUT2D eigenvalue weighted by atomic mass is 35.5. The van der Waals surface area contributed by atoms with Gasteiger partial charge in [0.1, 0.15) is 11.3 Å². The molecule has 0 saturated carbocycles. The van der Waals surface area contributed by atoms with E-state index in [4.69, 9.17) is 33.0 Å². The molecule has 2 N–H and O–H groups in total. The van der Waals surface area contributed by atoms with Crippen molar-refractivity contribution in [2.45, 2.75) is 0 Å². The van der Waals surface area contributed by atoms with Gasteiger partial charge in [0.15, 0.2) is 5.11 Å². The van der Waals surface area contributed by atoms with Crippen LogP contribution in [0.25, 0.3) is 11.0 Å². The largest absolute Gasteiger partial charge is 0.495 e. The maximum absolute atomic E-state index is 12.3. The van der Waals surface area contributed by atoms with Crippen molar-refractivity contribution >= 4 is 51.5 Å². The fraction of sp³-hybridized carbons (Fsp3) is 0.0556. The number of amides is 1. The van der Waals surface area contributed by atoms with E-state index in [1.165, 1.54) is 19.2 Å². The van der Waals surface area contributed by atoms with Gasteiger partial charge in [-0.05, 0) is 54.7 Å². The van der Waals surface area contributed by atoms with Crippen LogP contribution in [0.5, 0.6) is 5.75 Å². The van der Waals surface area contributed by atoms with Crippen LogP contribution in [0.3, 0.4) is 0 Å². The number of carbonyl (C=O) groups excluding carboxylic acids is 1. The van der Waals surface area contributed by atoms with Gasteiger partial charge in [-0.2, -0.15) is 0 Å². The number of nitrogens with one attached hydrogen (secondary N) is 2. The van der Waals surface area contributed by atoms with Crippen LogP contribution < -0.4 is 21.0 Å². The zero-order valence-electron chi connectivity index (χ0n) is 13.5. The van der Waals surface area contributed by atoms with Gasteiger partial charge in [0.25, 0.3) is 5.91 Å². The normalized spacial score (nSPS) is 10.4. The van der Waals surface area contributed by atoms with E-state index in [-0.39, 0.29) is 5.11 Å². The molecule has 0 aliphatic rings. The zero-order chi connectivity index (χ0) is 18.7. The van der Waals surface area contributed by atoms with Crippen molar-refractivity contribution in [1.82, 2.24) is 5.32 Å². The summed E-state index contributed by atoms with van der Waals surface area (Å²) in [5.74, 6) is 0.0746. The van der Waals surface area contributed by atoms with Crippen LogP contribution in [-0.2, 0) is 0 Å². The molecule has 0 aliphatic carbocycles. The van der Waals surface area contributed by atoms with E-state index in [9.17, 15) is 9.59 Å². The van der Waals surface area contributed by atoms with E-state index in [1.807, 2.05) is 0 Å². The minimum atomic E-state index is -0.417. The topological polar surface area (TPSA) is 80.6 Å². The number of benzene rings is 2. The molecule has 1 aromatic heterocycles. The van der Waals surface area contributed by atoms with E-state index in [1.54, 1.807) is 36.4 Å². The van der Waals surface area contributed by atoms with Crippen LogP contribution in [-0.4, -0.2) is 18.1 Å². The maximum atomic E-state index is 12.3. The Hall–Kier alpha value is -2.90. The lowest BCUT2D eigenvalue weighted by atomic mass is 10.2. The average molecular weight is 389 g/mol. The number of rotatable bonds is 3. The molecular weight excluding hydrogens is 376 g/mol. The van der Waals surface area contributed by atoms with Gasteiger partial charge in [-0.3, -0.25) is 10.1 Å². The van der Waals surface area contributed by atoms with Crippen molar-refractivity contribution in [1.29, 1.82) is 0 Å². The van der Waals surface area contributed by atoms with Gasteiger partial charge in [-0.25, -0.2) is 4.79 Å². The van der Waals surface area contributed by atoms with Crippen molar-refractivity contribution in [2.75, 3.05) is 12.4 Å². The Morgan fingerprint density at radius 3 is 2.69 bits per heavy atom. The van der Waals surface area contributed by atoms with Crippen LogP contribution in [0.15, 0.2) is 57.7 Å². The molecule has 132 valence electrons. The van der Waals surface area contributed by atoms with Crippen molar-refractivity contribution in [3.05, 3.63) is 69.5 Å². The van der Waals surface area contributed by atoms with Crippen LogP contribution in [0, 0.1) is 0 Å². The number of fused-ring (bicyclic) bond motifs is 1. The first-order chi connectivity index (χ1) is 12.5. The molecule has 1 heterocycles. The molecule has 2 aromatic carbocycles. The monoisotopic (exact) mass is 388 g/mol. The van der Waals surface area contributed by atoms with Crippen LogP contribution in [0.4, 0.5) is 5.69 Å². The van der Waals surface area contributed by atoms with Crippen LogP contribution >= 0.6 is 23.8 Å². The highest BCUT2D eigenvalue weighted by Gasteiger charge is 2.11. The van der Waals surface area contributed by atoms with Gasteiger partial charge in [-0.15, -0.1) is 0 Å². The standard InChI is InChI=1S/C18H13ClN2O4S/c1-24-15-5-2-11(9-13(15)19)17(23)21-18(26)20-12-4-6-14-10(8-12)3-7-16(22)25-14/h2-9H,1H3,(H2,20,21,23,26). The third-order valence-electron chi connectivity index (χ3n) is 3.52. The average Bonchev–Trinajstić information content (AvgIpc) is 2.61. The molecule has 0 bridgehead atoms. The second kappa shape index (κ2) is 7.55. The van der Waals surface area contributed by atoms with Gasteiger partial charge in [0, 0.05) is 22.7 Å². The molecule has 0 spiro atoms. The number of hydrogen-bond donors (Lipinski definition) is 2. The summed E-state index contributed by atoms with van der Waals surface area (Å²) in [6.45, 7) is 0. The zero-order valence-corrected chi connectivity index (χ0v) is 15.1. The van der Waals surface area contributed by atoms with E-state index >= 15 is 0 Å². The summed E-state index contributed by atoms with van der Waals surface area (Å²) in [6, 6.07) is 12.7. The van der Waals surface area contributed by atoms with Gasteiger partial charge in [0.2, 0.25) is 0 Å². The minimum Gasteiger partial charge on any atom is -0.495 e. The molecule has 0 aliphatic heterocycles. The molecule has 6 nitrogen and oxygen atoms in total. The Bertz CT molecular complexity index is 1060. The molecule has 0 unspecified atom stereocenters. The summed E-state index contributed by atoms with van der Waals surface area (Å²) in [5.41, 5.74) is 1.04. The summed E-state index contributed by atoms with van der Waals surface area (Å²) in [5, 5.41) is 6.66. The molecule has 3 rings (SSSR count). The molecule has 0 saturated heterocycles. The number of hydrogen-bond acceptors (Lipinski definition) is 5. The molecule has 1 amide bonds. The third kappa shape index (κ3) is 4.01. The molecule has 0 radical (unpaired) electrons. The smallest absolute Gasteiger partial charge is 0.336 e. The van der Waals surface area contributed by atoms with Crippen LogP contribution in [0.2, 0.25) is 5.02 Å². The Morgan fingerprint density at radius 2 is 1.96 bits per heavy atom. The second-order valence-corrected chi connectivity index (χ2v) is 6.08. The summed E-state index contributed by atoms with van der Waals surface area (Å²) < 4.78 is 10.1. The van der Waals surface area contributed by atoms with Gasteiger partial charge >= 0.3 is 5.63 Å². The summed E-state index contributed by atoms with van der Waals surface area (Å²) in [7, 11) is 1.49. The van der Waals surface area contributed by atoms with Crippen molar-refractivity contribution in [3.63, 3.8) is 0 Å². The maximum Gasteiger partial charge on any atom is 0.336 e. The molecular formula is C18H13ClN2O4S. The minimum absolute atomic E-state index is 0.124. The highest BCUT2D eigenvalue weighted by molar-refractivity contribution is 7.80. The quantitative estimate of drug-likeness (QED) is 0.527. The number of methoxy groups -OCH3 is 1. The van der Waals surface area contributed by atoms with Crippen LogP contribution in [0.1, 0.15) is 10.4 Å². The molecule has 0 fully saturated rings. The first-order valence-electron chi connectivity index (χ1n) is 7.46. The summed E-state index contributed by atoms with van der Waals surface area (Å²) >= 11 is 11.2. The van der Waals surface area contributed by atoms with E-state index in [0.29, 0.717) is 27.6 Å². The number of thiocarbonyl (C=S) groups is 1. The predicted molar refractivity (Wildman–Crippen MR) is 104 cm³/mol. The third-order valence-corrected chi connectivity index (χ3v) is 4.02. The number of halogens is 1. The molecule has 26 heavy (non-hydrogen) atoms. The van der Waals surface area contributed by atoms with E-state index in [2.05, 4.69) is 10.6 Å². The first-order valence-corrected chi connectivity index (χ1v) is 8.24. The number of ether oxygens (including phenoxy) is 1. The summed E-state index contributed by atoms with van der Waals surface area (Å²) in [6.07, 6.45) is 0. The van der Waals surface area contributed by atoms with Crippen molar-refractivity contribution < 1.29 is 13.9 Å². The fourth-order valence-electron chi connectivity index (χ4n) is 2.29. The number of anilines is 1. The van der Waals surface area contributed by atoms with Crippen molar-refractivity contribution in [3.8, 4) is 5.75 Å². The van der Waals surface area contributed by atoms with Gasteiger partial charge in [-0.1, -0.05) is 11.6 Å². The Labute approximate surface area is 158 Å². The fourth-order valence-corrected chi connectivity index (χ4v) is 2.76. The predicted octanol–water partition coefficient (Wildman–Crippen LogP) is 3.58. The Balaban J connectivity index is 1.70. The highest BCUT2D eigenvalue weighted by Crippen LogP contribution is 2.25.